The third kappa shape index (κ3) is 5.60. The van der Waals surface area contributed by atoms with Gasteiger partial charge in [0.25, 0.3) is 5.91 Å². The normalized spacial score (nSPS) is 13.4. The number of anilines is 3. The van der Waals surface area contributed by atoms with Crippen LogP contribution in [0.3, 0.4) is 0 Å². The molecule has 2 aromatic carbocycles. The Morgan fingerprint density at radius 2 is 1.86 bits per heavy atom. The Balaban J connectivity index is 1.24. The Bertz CT molecular complexity index is 1400. The first-order valence-corrected chi connectivity index (χ1v) is 12.9. The maximum Gasteiger partial charge on any atom is 0.323 e. The number of nitrogens with zero attached hydrogens (tertiary/aromatic N) is 4. The lowest BCUT2D eigenvalue weighted by Gasteiger charge is -2.26. The summed E-state index contributed by atoms with van der Waals surface area (Å²) in [7, 11) is 1.87. The highest BCUT2D eigenvalue weighted by molar-refractivity contribution is 7.99. The van der Waals surface area contributed by atoms with Crippen LogP contribution in [0.4, 0.5) is 22.0 Å². The molecule has 0 aliphatic carbocycles. The molecule has 10 heteroatoms. The molecule has 9 nitrogen and oxygen atoms in total. The van der Waals surface area contributed by atoms with Gasteiger partial charge in [-0.25, -0.2) is 9.78 Å². The molecule has 1 saturated heterocycles. The first kappa shape index (κ1) is 23.7. The molecule has 1 aliphatic heterocycles. The van der Waals surface area contributed by atoms with Crippen molar-refractivity contribution in [1.29, 1.82) is 0 Å². The Labute approximate surface area is 213 Å². The Morgan fingerprint density at radius 3 is 2.72 bits per heavy atom. The van der Waals surface area contributed by atoms with E-state index in [4.69, 9.17) is 0 Å². The third-order valence-electron chi connectivity index (χ3n) is 5.89. The molecule has 1 fully saturated rings. The highest BCUT2D eigenvalue weighted by Crippen LogP contribution is 2.21. The van der Waals surface area contributed by atoms with Crippen LogP contribution in [0, 0.1) is 0 Å². The molecule has 0 bridgehead atoms. The van der Waals surface area contributed by atoms with Crippen LogP contribution < -0.4 is 16.0 Å². The van der Waals surface area contributed by atoms with Gasteiger partial charge < -0.3 is 15.5 Å². The molecular formula is C26H27N7O2S. The highest BCUT2D eigenvalue weighted by Gasteiger charge is 2.17. The highest BCUT2D eigenvalue weighted by atomic mass is 32.2. The molecule has 36 heavy (non-hydrogen) atoms. The molecule has 3 heterocycles. The molecule has 0 radical (unpaired) electrons. The number of fused-ring (bicyclic) bond motifs is 1. The molecule has 1 aliphatic rings. The Kier molecular flexibility index (Phi) is 7.03. The lowest BCUT2D eigenvalue weighted by Crippen LogP contribution is -2.40. The van der Waals surface area contributed by atoms with Crippen LogP contribution in [-0.2, 0) is 13.6 Å². The van der Waals surface area contributed by atoms with Crippen molar-refractivity contribution in [2.75, 3.05) is 40.5 Å². The third-order valence-corrected chi connectivity index (χ3v) is 6.83. The molecule has 3 N–H and O–H groups in total. The number of thioether (sulfide) groups is 1. The zero-order valence-corrected chi connectivity index (χ0v) is 20.7. The number of pyridine rings is 1. The van der Waals surface area contributed by atoms with Crippen LogP contribution in [0.1, 0.15) is 15.9 Å². The number of rotatable bonds is 6. The number of hydrogen-bond donors (Lipinski definition) is 3. The van der Waals surface area contributed by atoms with Gasteiger partial charge in [0.2, 0.25) is 0 Å². The van der Waals surface area contributed by atoms with Crippen molar-refractivity contribution in [3.05, 3.63) is 78.1 Å². The monoisotopic (exact) mass is 501 g/mol. The van der Waals surface area contributed by atoms with E-state index >= 15 is 0 Å². The fourth-order valence-electron chi connectivity index (χ4n) is 4.06. The molecular weight excluding hydrogens is 474 g/mol. The summed E-state index contributed by atoms with van der Waals surface area (Å²) in [5.74, 6) is 2.20. The largest absolute Gasteiger partial charge is 0.380 e. The van der Waals surface area contributed by atoms with Crippen molar-refractivity contribution in [1.82, 2.24) is 19.7 Å². The topological polar surface area (TPSA) is 104 Å². The number of aryl methyl sites for hydroxylation is 1. The summed E-state index contributed by atoms with van der Waals surface area (Å²) < 4.78 is 1.75. The molecule has 0 saturated carbocycles. The lowest BCUT2D eigenvalue weighted by atomic mass is 10.1. The smallest absolute Gasteiger partial charge is 0.323 e. The average Bonchev–Trinajstić information content (AvgIpc) is 3.27. The van der Waals surface area contributed by atoms with Gasteiger partial charge in [0.05, 0.1) is 11.1 Å². The summed E-state index contributed by atoms with van der Waals surface area (Å²) in [6.07, 6.45) is 3.61. The minimum Gasteiger partial charge on any atom is -0.380 e. The van der Waals surface area contributed by atoms with E-state index in [2.05, 4.69) is 26.0 Å². The standard InChI is InChI=1S/C26H27N7O2S/c1-32-17-19-6-7-20(15-23(19)31-32)29-25(34)21-4-2-3-5-22(21)28-16-18-8-9-27-24(14-18)30-26(35)33-10-12-36-13-11-33/h2-9,14-15,17,28H,10-13,16H2,1H3,(H,29,34)(H,27,30,35). The van der Waals surface area contributed by atoms with Gasteiger partial charge in [-0.3, -0.25) is 14.8 Å². The summed E-state index contributed by atoms with van der Waals surface area (Å²) in [5.41, 5.74) is 3.68. The molecule has 0 unspecified atom stereocenters. The molecule has 0 spiro atoms. The van der Waals surface area contributed by atoms with Crippen molar-refractivity contribution < 1.29 is 9.59 Å². The van der Waals surface area contributed by atoms with Crippen molar-refractivity contribution in [3.63, 3.8) is 0 Å². The van der Waals surface area contributed by atoms with E-state index < -0.39 is 0 Å². The SMILES string of the molecule is Cn1cc2ccc(NC(=O)c3ccccc3NCc3ccnc(NC(=O)N4CCSCC4)c3)cc2n1. The second-order valence-corrected chi connectivity index (χ2v) is 9.73. The van der Waals surface area contributed by atoms with E-state index in [-0.39, 0.29) is 11.9 Å². The van der Waals surface area contributed by atoms with E-state index in [0.29, 0.717) is 29.3 Å². The van der Waals surface area contributed by atoms with Crippen LogP contribution in [-0.4, -0.2) is 56.2 Å². The number of para-hydroxylation sites is 1. The number of urea groups is 1. The number of carbonyl (C=O) groups is 2. The van der Waals surface area contributed by atoms with Gasteiger partial charge >= 0.3 is 6.03 Å². The van der Waals surface area contributed by atoms with Crippen LogP contribution >= 0.6 is 11.8 Å². The molecule has 0 atom stereocenters. The van der Waals surface area contributed by atoms with Crippen LogP contribution in [0.25, 0.3) is 10.9 Å². The fraction of sp³-hybridized carbons (Fsp3) is 0.231. The lowest BCUT2D eigenvalue weighted by molar-refractivity contribution is 0.102. The molecule has 184 valence electrons. The summed E-state index contributed by atoms with van der Waals surface area (Å²) >= 11 is 1.86. The fourth-order valence-corrected chi connectivity index (χ4v) is 4.96. The van der Waals surface area contributed by atoms with E-state index in [1.165, 1.54) is 0 Å². The molecule has 5 rings (SSSR count). The number of carbonyl (C=O) groups excluding carboxylic acids is 2. The van der Waals surface area contributed by atoms with E-state index in [9.17, 15) is 9.59 Å². The quantitative estimate of drug-likeness (QED) is 0.362. The van der Waals surface area contributed by atoms with E-state index in [0.717, 1.165) is 41.1 Å². The van der Waals surface area contributed by atoms with Crippen molar-refractivity contribution >= 4 is 51.8 Å². The Morgan fingerprint density at radius 1 is 1.03 bits per heavy atom. The van der Waals surface area contributed by atoms with Crippen molar-refractivity contribution in [2.24, 2.45) is 7.05 Å². The second-order valence-electron chi connectivity index (χ2n) is 8.51. The van der Waals surface area contributed by atoms with Gasteiger partial charge in [-0.05, 0) is 48.0 Å². The summed E-state index contributed by atoms with van der Waals surface area (Å²) in [6.45, 7) is 1.95. The van der Waals surface area contributed by atoms with Gasteiger partial charge in [-0.1, -0.05) is 12.1 Å². The maximum atomic E-state index is 13.1. The van der Waals surface area contributed by atoms with Gasteiger partial charge in [0.1, 0.15) is 5.82 Å². The summed E-state index contributed by atoms with van der Waals surface area (Å²) in [5, 5.41) is 14.6. The van der Waals surface area contributed by atoms with Crippen molar-refractivity contribution in [3.8, 4) is 0 Å². The first-order valence-electron chi connectivity index (χ1n) is 11.7. The molecule has 4 aromatic rings. The second kappa shape index (κ2) is 10.7. The van der Waals surface area contributed by atoms with Crippen LogP contribution in [0.2, 0.25) is 0 Å². The number of benzene rings is 2. The Hall–Kier alpha value is -4.05. The average molecular weight is 502 g/mol. The van der Waals surface area contributed by atoms with E-state index in [1.54, 1.807) is 16.9 Å². The molecule has 2 aromatic heterocycles. The summed E-state index contributed by atoms with van der Waals surface area (Å²) in [6, 6.07) is 16.6. The van der Waals surface area contributed by atoms with Gasteiger partial charge in [-0.2, -0.15) is 16.9 Å². The van der Waals surface area contributed by atoms with Gasteiger partial charge in [-0.15, -0.1) is 0 Å². The van der Waals surface area contributed by atoms with Gasteiger partial charge in [0, 0.05) is 67.3 Å². The number of amides is 3. The van der Waals surface area contributed by atoms with Gasteiger partial charge in [0.15, 0.2) is 0 Å². The summed E-state index contributed by atoms with van der Waals surface area (Å²) in [4.78, 5) is 31.7. The van der Waals surface area contributed by atoms with E-state index in [1.807, 2.05) is 78.4 Å². The van der Waals surface area contributed by atoms with Crippen LogP contribution in [0.5, 0.6) is 0 Å². The number of aromatic nitrogens is 3. The first-order chi connectivity index (χ1) is 17.5. The minimum atomic E-state index is -0.212. The number of hydrogen-bond acceptors (Lipinski definition) is 6. The minimum absolute atomic E-state index is 0.126. The molecule has 3 amide bonds. The predicted molar refractivity (Wildman–Crippen MR) is 145 cm³/mol. The van der Waals surface area contributed by atoms with Crippen LogP contribution in [0.15, 0.2) is 67.0 Å². The zero-order chi connectivity index (χ0) is 24.9. The maximum absolute atomic E-state index is 13.1. The zero-order valence-electron chi connectivity index (χ0n) is 19.9. The number of nitrogens with one attached hydrogen (secondary N) is 3. The van der Waals surface area contributed by atoms with Crippen molar-refractivity contribution in [2.45, 2.75) is 6.54 Å². The predicted octanol–water partition coefficient (Wildman–Crippen LogP) is 4.41.